The monoisotopic (exact) mass is 376 g/mol. The molecule has 0 saturated carbocycles. The van der Waals surface area contributed by atoms with Crippen molar-refractivity contribution in [2.75, 3.05) is 19.5 Å². The standard InChI is InChI=1S/C18H15F3N4O2/c1-26-14-6-9-5-11-16(10(9)7-15(14)27-2)24-25-17(11)23-13-8-22-4-3-12(13)18(19,20)21/h3-8,23-25H,1-2H3. The Balaban J connectivity index is 1.79. The minimum absolute atomic E-state index is 0.137. The molecule has 1 aromatic carbocycles. The molecule has 3 N–H and O–H groups in total. The maximum Gasteiger partial charge on any atom is 0.418 e. The summed E-state index contributed by atoms with van der Waals surface area (Å²) in [6.45, 7) is 0. The summed E-state index contributed by atoms with van der Waals surface area (Å²) in [5.41, 5.74) is 0.519. The molecule has 6 nitrogen and oxygen atoms in total. The predicted octanol–water partition coefficient (Wildman–Crippen LogP) is 4.78. The Morgan fingerprint density at radius 1 is 1.04 bits per heavy atom. The lowest BCUT2D eigenvalue weighted by Gasteiger charge is -2.13. The summed E-state index contributed by atoms with van der Waals surface area (Å²) in [6.07, 6.45) is -2.23. The van der Waals surface area contributed by atoms with Gasteiger partial charge in [-0.25, -0.2) is 0 Å². The lowest BCUT2D eigenvalue weighted by molar-refractivity contribution is -0.137. The lowest BCUT2D eigenvalue weighted by atomic mass is 10.2. The average molecular weight is 376 g/mol. The molecule has 0 amide bonds. The zero-order chi connectivity index (χ0) is 19.2. The molecule has 2 aliphatic rings. The number of fused-ring (bicyclic) bond motifs is 3. The van der Waals surface area contributed by atoms with Gasteiger partial charge < -0.3 is 14.8 Å². The van der Waals surface area contributed by atoms with Crippen LogP contribution in [-0.4, -0.2) is 29.4 Å². The van der Waals surface area contributed by atoms with Crippen LogP contribution >= 0.6 is 0 Å². The van der Waals surface area contributed by atoms with Gasteiger partial charge in [-0.15, -0.1) is 0 Å². The van der Waals surface area contributed by atoms with Crippen LogP contribution in [0.5, 0.6) is 11.5 Å². The van der Waals surface area contributed by atoms with E-state index in [-0.39, 0.29) is 5.69 Å². The SMILES string of the molecule is COc1cc2cc3c(Nc4cnccc4C(F)(F)F)[nH][nH]c-3c2cc1OC. The highest BCUT2D eigenvalue weighted by Crippen LogP contribution is 2.43. The second-order valence-corrected chi connectivity index (χ2v) is 5.90. The number of aromatic amines is 2. The van der Waals surface area contributed by atoms with Crippen LogP contribution in [0.2, 0.25) is 0 Å². The topological polar surface area (TPSA) is 75.0 Å². The molecule has 2 heterocycles. The Labute approximate surface area is 151 Å². The molecule has 0 fully saturated rings. The minimum Gasteiger partial charge on any atom is -0.493 e. The molecular formula is C18H15F3N4O2. The fraction of sp³-hybridized carbons (Fsp3) is 0.167. The molecule has 0 unspecified atom stereocenters. The largest absolute Gasteiger partial charge is 0.493 e. The number of benzene rings is 1. The van der Waals surface area contributed by atoms with Crippen molar-refractivity contribution in [3.05, 3.63) is 42.2 Å². The molecule has 1 aliphatic heterocycles. The van der Waals surface area contributed by atoms with Crippen molar-refractivity contribution in [3.8, 4) is 22.8 Å². The highest BCUT2D eigenvalue weighted by Gasteiger charge is 2.34. The van der Waals surface area contributed by atoms with Gasteiger partial charge in [0, 0.05) is 17.1 Å². The van der Waals surface area contributed by atoms with Crippen LogP contribution in [0, 0.1) is 0 Å². The maximum atomic E-state index is 13.2. The Morgan fingerprint density at radius 3 is 2.48 bits per heavy atom. The maximum absolute atomic E-state index is 13.2. The third kappa shape index (κ3) is 2.80. The van der Waals surface area contributed by atoms with E-state index in [1.54, 1.807) is 14.2 Å². The molecule has 27 heavy (non-hydrogen) atoms. The summed E-state index contributed by atoms with van der Waals surface area (Å²) in [5.74, 6) is 1.54. The number of nitrogens with zero attached hydrogens (tertiary/aromatic N) is 1. The first-order valence-corrected chi connectivity index (χ1v) is 7.95. The van der Waals surface area contributed by atoms with Crippen LogP contribution in [0.25, 0.3) is 22.0 Å². The van der Waals surface area contributed by atoms with Crippen LogP contribution in [0.1, 0.15) is 5.56 Å². The van der Waals surface area contributed by atoms with Crippen molar-refractivity contribution in [3.63, 3.8) is 0 Å². The predicted molar refractivity (Wildman–Crippen MR) is 94.9 cm³/mol. The van der Waals surface area contributed by atoms with E-state index in [9.17, 15) is 13.2 Å². The van der Waals surface area contributed by atoms with Gasteiger partial charge in [0.2, 0.25) is 0 Å². The first-order valence-electron chi connectivity index (χ1n) is 7.95. The molecular weight excluding hydrogens is 361 g/mol. The van der Waals surface area contributed by atoms with Crippen LogP contribution in [0.15, 0.2) is 36.7 Å². The van der Waals surface area contributed by atoms with E-state index in [1.807, 2.05) is 18.2 Å². The van der Waals surface area contributed by atoms with Crippen molar-refractivity contribution >= 4 is 22.3 Å². The van der Waals surface area contributed by atoms with Crippen molar-refractivity contribution in [2.45, 2.75) is 6.18 Å². The van der Waals surface area contributed by atoms with Crippen LogP contribution < -0.4 is 14.8 Å². The molecule has 0 bridgehead atoms. The Kier molecular flexibility index (Phi) is 3.87. The summed E-state index contributed by atoms with van der Waals surface area (Å²) in [6, 6.07) is 6.42. The highest BCUT2D eigenvalue weighted by molar-refractivity contribution is 6.05. The number of alkyl halides is 3. The van der Waals surface area contributed by atoms with Gasteiger partial charge in [-0.05, 0) is 29.7 Å². The normalized spacial score (nSPS) is 11.9. The van der Waals surface area contributed by atoms with Gasteiger partial charge in [0.15, 0.2) is 11.5 Å². The molecule has 2 aromatic rings. The molecule has 9 heteroatoms. The molecule has 4 rings (SSSR count). The number of nitrogens with one attached hydrogen (secondary N) is 3. The van der Waals surface area contributed by atoms with E-state index in [0.717, 1.165) is 34.9 Å². The number of anilines is 2. The number of methoxy groups -OCH3 is 2. The first-order chi connectivity index (χ1) is 12.9. The number of halogens is 3. The Bertz CT molecular complexity index is 1080. The summed E-state index contributed by atoms with van der Waals surface area (Å²) >= 11 is 0. The van der Waals surface area contributed by atoms with Crippen molar-refractivity contribution in [2.24, 2.45) is 0 Å². The van der Waals surface area contributed by atoms with E-state index in [1.165, 1.54) is 0 Å². The number of hydrogen-bond donors (Lipinski definition) is 3. The van der Waals surface area contributed by atoms with E-state index >= 15 is 0 Å². The molecule has 140 valence electrons. The van der Waals surface area contributed by atoms with Crippen molar-refractivity contribution in [1.82, 2.24) is 15.2 Å². The fourth-order valence-electron chi connectivity index (χ4n) is 3.10. The molecule has 0 saturated heterocycles. The first kappa shape index (κ1) is 17.1. The number of rotatable bonds is 4. The van der Waals surface area contributed by atoms with E-state index in [2.05, 4.69) is 20.5 Å². The summed E-state index contributed by atoms with van der Waals surface area (Å²) in [7, 11) is 3.08. The second kappa shape index (κ2) is 6.11. The third-order valence-corrected chi connectivity index (χ3v) is 4.36. The van der Waals surface area contributed by atoms with Crippen LogP contribution in [-0.2, 0) is 6.18 Å². The number of hydrogen-bond acceptors (Lipinski definition) is 4. The zero-order valence-electron chi connectivity index (χ0n) is 14.4. The number of H-pyrrole nitrogens is 2. The Hall–Kier alpha value is -3.36. The quantitative estimate of drug-likeness (QED) is 0.479. The van der Waals surface area contributed by atoms with Crippen molar-refractivity contribution < 1.29 is 22.6 Å². The molecule has 0 atom stereocenters. The summed E-state index contributed by atoms with van der Waals surface area (Å²) in [5, 5.41) is 10.4. The van der Waals surface area contributed by atoms with Crippen LogP contribution in [0.4, 0.5) is 24.7 Å². The van der Waals surface area contributed by atoms with Gasteiger partial charge in [0.05, 0.1) is 37.4 Å². The van der Waals surface area contributed by atoms with Gasteiger partial charge in [0.1, 0.15) is 5.82 Å². The summed E-state index contributed by atoms with van der Waals surface area (Å²) in [4.78, 5) is 3.79. The third-order valence-electron chi connectivity index (χ3n) is 4.36. The number of aromatic nitrogens is 3. The zero-order valence-corrected chi connectivity index (χ0v) is 14.4. The highest BCUT2D eigenvalue weighted by atomic mass is 19.4. The van der Waals surface area contributed by atoms with Gasteiger partial charge in [0.25, 0.3) is 0 Å². The number of pyridine rings is 1. The van der Waals surface area contributed by atoms with E-state index in [0.29, 0.717) is 22.9 Å². The summed E-state index contributed by atoms with van der Waals surface area (Å²) < 4.78 is 50.3. The minimum atomic E-state index is -4.49. The Morgan fingerprint density at radius 2 is 1.78 bits per heavy atom. The molecule has 0 spiro atoms. The van der Waals surface area contributed by atoms with Crippen LogP contribution in [0.3, 0.4) is 0 Å². The smallest absolute Gasteiger partial charge is 0.418 e. The van der Waals surface area contributed by atoms with Crippen molar-refractivity contribution in [1.29, 1.82) is 0 Å². The molecule has 1 aromatic heterocycles. The van der Waals surface area contributed by atoms with Gasteiger partial charge in [-0.2, -0.15) is 13.2 Å². The second-order valence-electron chi connectivity index (χ2n) is 5.90. The average Bonchev–Trinajstić information content (AvgIpc) is 3.19. The molecule has 0 radical (unpaired) electrons. The lowest BCUT2D eigenvalue weighted by Crippen LogP contribution is -2.09. The fourth-order valence-corrected chi connectivity index (χ4v) is 3.10. The number of ether oxygens (including phenoxy) is 2. The van der Waals surface area contributed by atoms with E-state index < -0.39 is 11.7 Å². The molecule has 1 aliphatic carbocycles. The van der Waals surface area contributed by atoms with Gasteiger partial charge >= 0.3 is 6.18 Å². The van der Waals surface area contributed by atoms with Gasteiger partial charge in [-0.1, -0.05) is 0 Å². The van der Waals surface area contributed by atoms with E-state index in [4.69, 9.17) is 9.47 Å². The van der Waals surface area contributed by atoms with Gasteiger partial charge in [-0.3, -0.25) is 15.2 Å².